The number of nitrogens with zero attached hydrogens (tertiary/aromatic N) is 1. The molecule has 0 atom stereocenters. The van der Waals surface area contributed by atoms with E-state index in [0.29, 0.717) is 0 Å². The largest absolute Gasteiger partial charge is 0.218 e. The minimum atomic E-state index is -3.74. The Kier molecular flexibility index (Phi) is 4.51. The molecule has 0 saturated heterocycles. The van der Waals surface area contributed by atoms with Gasteiger partial charge in [-0.15, -0.1) is 0 Å². The molecule has 0 aliphatic heterocycles. The molecule has 0 spiro atoms. The fraction of sp³-hybridized carbons (Fsp3) is 0. The molecule has 0 amide bonds. The molecule has 0 N–H and O–H groups in total. The summed E-state index contributed by atoms with van der Waals surface area (Å²) in [6, 6.07) is 11.6. The van der Waals surface area contributed by atoms with Crippen LogP contribution in [-0.4, -0.2) is 8.42 Å². The molecule has 0 bridgehead atoms. The molecule has 0 aliphatic carbocycles. The van der Waals surface area contributed by atoms with Gasteiger partial charge in [-0.2, -0.15) is 16.6 Å². The third kappa shape index (κ3) is 3.23. The Labute approximate surface area is 122 Å². The van der Waals surface area contributed by atoms with Crippen LogP contribution in [0.5, 0.6) is 0 Å². The normalized spacial score (nSPS) is 12.4. The highest BCUT2D eigenvalue weighted by molar-refractivity contribution is 7.95. The van der Waals surface area contributed by atoms with Crippen LogP contribution in [0.25, 0.3) is 6.08 Å². The summed E-state index contributed by atoms with van der Waals surface area (Å²) in [7, 11) is -3.74. The van der Waals surface area contributed by atoms with Gasteiger partial charge in [-0.05, 0) is 40.6 Å². The first kappa shape index (κ1) is 14.3. The van der Waals surface area contributed by atoms with E-state index in [2.05, 4.69) is 0 Å². The number of allylic oxidation sites excluding steroid dienone is 3. The Bertz CT molecular complexity index is 765. The molecule has 100 valence electrons. The van der Waals surface area contributed by atoms with Crippen molar-refractivity contribution in [2.24, 2.45) is 0 Å². The predicted octanol–water partition coefficient (Wildman–Crippen LogP) is 3.64. The van der Waals surface area contributed by atoms with Crippen molar-refractivity contribution < 1.29 is 8.42 Å². The van der Waals surface area contributed by atoms with Crippen LogP contribution in [-0.2, 0) is 9.84 Å². The van der Waals surface area contributed by atoms with E-state index in [4.69, 9.17) is 5.26 Å². The van der Waals surface area contributed by atoms with Gasteiger partial charge in [0.1, 0.15) is 11.0 Å². The van der Waals surface area contributed by atoms with Gasteiger partial charge in [0, 0.05) is 0 Å². The maximum atomic E-state index is 12.2. The van der Waals surface area contributed by atoms with Crippen LogP contribution in [0, 0.1) is 11.3 Å². The van der Waals surface area contributed by atoms with Gasteiger partial charge in [-0.3, -0.25) is 0 Å². The van der Waals surface area contributed by atoms with Crippen molar-refractivity contribution in [1.82, 2.24) is 0 Å². The van der Waals surface area contributed by atoms with E-state index in [-0.39, 0.29) is 9.80 Å². The molecule has 0 unspecified atom stereocenters. The number of benzene rings is 1. The third-order valence-electron chi connectivity index (χ3n) is 2.53. The zero-order valence-corrected chi connectivity index (χ0v) is 12.1. The standard InChI is InChI=1S/C15H11NO2S2/c16-11-15(8-4-5-13-9-10-19-12-13)20(17,18)14-6-2-1-3-7-14/h1-10,12H/b5-4+,15-8+. The summed E-state index contributed by atoms with van der Waals surface area (Å²) in [6.45, 7) is 0. The fourth-order valence-electron chi connectivity index (χ4n) is 1.53. The Morgan fingerprint density at radius 2 is 1.95 bits per heavy atom. The molecule has 0 fully saturated rings. The molecule has 1 aromatic heterocycles. The number of hydrogen-bond donors (Lipinski definition) is 0. The van der Waals surface area contributed by atoms with Gasteiger partial charge in [0.15, 0.2) is 0 Å². The Morgan fingerprint density at radius 1 is 1.20 bits per heavy atom. The van der Waals surface area contributed by atoms with E-state index in [1.807, 2.05) is 16.8 Å². The minimum absolute atomic E-state index is 0.122. The quantitative estimate of drug-likeness (QED) is 0.640. The second-order valence-electron chi connectivity index (χ2n) is 3.88. The highest BCUT2D eigenvalue weighted by Gasteiger charge is 2.19. The topological polar surface area (TPSA) is 57.9 Å². The molecule has 3 nitrogen and oxygen atoms in total. The van der Waals surface area contributed by atoms with Crippen LogP contribution in [0.2, 0.25) is 0 Å². The first-order valence-corrected chi connectivity index (χ1v) is 8.18. The summed E-state index contributed by atoms with van der Waals surface area (Å²) in [5.41, 5.74) is 0.973. The van der Waals surface area contributed by atoms with E-state index in [9.17, 15) is 8.42 Å². The summed E-state index contributed by atoms with van der Waals surface area (Å²) in [5, 5.41) is 12.9. The molecular formula is C15H11NO2S2. The van der Waals surface area contributed by atoms with Gasteiger partial charge in [0.05, 0.1) is 4.90 Å². The van der Waals surface area contributed by atoms with E-state index >= 15 is 0 Å². The first-order chi connectivity index (χ1) is 9.64. The van der Waals surface area contributed by atoms with Crippen molar-refractivity contribution in [3.63, 3.8) is 0 Å². The number of hydrogen-bond acceptors (Lipinski definition) is 4. The van der Waals surface area contributed by atoms with Crippen LogP contribution < -0.4 is 0 Å². The molecule has 2 rings (SSSR count). The second-order valence-corrected chi connectivity index (χ2v) is 6.57. The van der Waals surface area contributed by atoms with Crippen molar-refractivity contribution >= 4 is 27.3 Å². The molecule has 20 heavy (non-hydrogen) atoms. The Balaban J connectivity index is 2.31. The van der Waals surface area contributed by atoms with Crippen molar-refractivity contribution in [2.45, 2.75) is 4.90 Å². The number of sulfone groups is 1. The monoisotopic (exact) mass is 301 g/mol. The summed E-state index contributed by atoms with van der Waals surface area (Å²) in [4.78, 5) is -0.146. The minimum Gasteiger partial charge on any atom is -0.218 e. The molecule has 1 aromatic carbocycles. The van der Waals surface area contributed by atoms with E-state index in [1.54, 1.807) is 47.8 Å². The van der Waals surface area contributed by atoms with Crippen molar-refractivity contribution in [3.05, 3.63) is 69.8 Å². The predicted molar refractivity (Wildman–Crippen MR) is 80.7 cm³/mol. The molecular weight excluding hydrogens is 290 g/mol. The molecule has 5 heteroatoms. The van der Waals surface area contributed by atoms with Crippen LogP contribution in [0.15, 0.2) is 69.1 Å². The van der Waals surface area contributed by atoms with Crippen molar-refractivity contribution in [2.75, 3.05) is 0 Å². The molecule has 0 aliphatic rings. The average molecular weight is 301 g/mol. The maximum Gasteiger partial charge on any atom is 0.216 e. The van der Waals surface area contributed by atoms with Crippen LogP contribution in [0.4, 0.5) is 0 Å². The fourth-order valence-corrected chi connectivity index (χ4v) is 3.31. The first-order valence-electron chi connectivity index (χ1n) is 5.75. The maximum absolute atomic E-state index is 12.2. The molecule has 0 saturated carbocycles. The van der Waals surface area contributed by atoms with Gasteiger partial charge in [0.2, 0.25) is 9.84 Å². The Morgan fingerprint density at radius 3 is 2.55 bits per heavy atom. The average Bonchev–Trinajstić information content (AvgIpc) is 2.97. The van der Waals surface area contributed by atoms with Crippen molar-refractivity contribution in [1.29, 1.82) is 5.26 Å². The summed E-state index contributed by atoms with van der Waals surface area (Å²) < 4.78 is 24.5. The molecule has 0 radical (unpaired) electrons. The number of nitriles is 1. The van der Waals surface area contributed by atoms with Gasteiger partial charge >= 0.3 is 0 Å². The lowest BCUT2D eigenvalue weighted by atomic mass is 10.3. The lowest BCUT2D eigenvalue weighted by Gasteiger charge is -2.01. The highest BCUT2D eigenvalue weighted by Crippen LogP contribution is 2.18. The number of rotatable bonds is 4. The van der Waals surface area contributed by atoms with E-state index < -0.39 is 9.84 Å². The lowest BCUT2D eigenvalue weighted by Crippen LogP contribution is -2.02. The third-order valence-corrected chi connectivity index (χ3v) is 4.93. The summed E-state index contributed by atoms with van der Waals surface area (Å²) in [5.74, 6) is 0. The smallest absolute Gasteiger partial charge is 0.216 e. The lowest BCUT2D eigenvalue weighted by molar-refractivity contribution is 0.603. The van der Waals surface area contributed by atoms with Crippen molar-refractivity contribution in [3.8, 4) is 6.07 Å². The van der Waals surface area contributed by atoms with Crippen LogP contribution in [0.3, 0.4) is 0 Å². The number of thiophene rings is 1. The zero-order valence-electron chi connectivity index (χ0n) is 10.4. The summed E-state index contributed by atoms with van der Waals surface area (Å²) >= 11 is 1.55. The van der Waals surface area contributed by atoms with Crippen LogP contribution >= 0.6 is 11.3 Å². The SMILES string of the molecule is N#C/C(=C\C=C\c1ccsc1)S(=O)(=O)c1ccccc1. The zero-order chi connectivity index (χ0) is 14.4. The molecule has 1 heterocycles. The van der Waals surface area contributed by atoms with Gasteiger partial charge in [0.25, 0.3) is 0 Å². The van der Waals surface area contributed by atoms with Gasteiger partial charge in [-0.25, -0.2) is 8.42 Å². The molecule has 2 aromatic rings. The van der Waals surface area contributed by atoms with Gasteiger partial charge in [-0.1, -0.05) is 30.4 Å². The van der Waals surface area contributed by atoms with Gasteiger partial charge < -0.3 is 0 Å². The highest BCUT2D eigenvalue weighted by atomic mass is 32.2. The second kappa shape index (κ2) is 6.33. The van der Waals surface area contributed by atoms with Crippen LogP contribution in [0.1, 0.15) is 5.56 Å². The summed E-state index contributed by atoms with van der Waals surface area (Å²) in [6.07, 6.45) is 4.65. The van der Waals surface area contributed by atoms with E-state index in [1.165, 1.54) is 18.2 Å². The Hall–Kier alpha value is -2.16. The van der Waals surface area contributed by atoms with E-state index in [0.717, 1.165) is 5.56 Å².